The first-order valence-corrected chi connectivity index (χ1v) is 9.06. The third kappa shape index (κ3) is 4.35. The average molecular weight is 331 g/mol. The van der Waals surface area contributed by atoms with Gasteiger partial charge in [-0.15, -0.1) is 0 Å². The van der Waals surface area contributed by atoms with Gasteiger partial charge < -0.3 is 19.9 Å². The van der Waals surface area contributed by atoms with Crippen LogP contribution < -0.4 is 5.32 Å². The first-order chi connectivity index (χ1) is 11.8. The van der Waals surface area contributed by atoms with Crippen LogP contribution in [0.15, 0.2) is 30.3 Å². The number of piperazine rings is 1. The molecule has 5 heteroatoms. The van der Waals surface area contributed by atoms with Crippen molar-refractivity contribution in [3.8, 4) is 0 Å². The van der Waals surface area contributed by atoms with Crippen molar-refractivity contribution >= 4 is 5.91 Å². The summed E-state index contributed by atoms with van der Waals surface area (Å²) in [7, 11) is 1.74. The number of carbonyl (C=O) groups excluding carboxylic acids is 1. The summed E-state index contributed by atoms with van der Waals surface area (Å²) in [6, 6.07) is 10.7. The molecule has 0 spiro atoms. The van der Waals surface area contributed by atoms with Gasteiger partial charge in [0.25, 0.3) is 0 Å². The topological polar surface area (TPSA) is 44.8 Å². The lowest BCUT2D eigenvalue weighted by atomic mass is 9.94. The average Bonchev–Trinajstić information content (AvgIpc) is 2.67. The minimum absolute atomic E-state index is 0.193. The molecule has 1 amide bonds. The summed E-state index contributed by atoms with van der Waals surface area (Å²) in [5.41, 5.74) is 1.27. The van der Waals surface area contributed by atoms with E-state index in [-0.39, 0.29) is 12.0 Å². The van der Waals surface area contributed by atoms with E-state index in [1.807, 2.05) is 6.07 Å². The Morgan fingerprint density at radius 2 is 1.96 bits per heavy atom. The SMILES string of the molecule is COCCN1CCC(C(=O)N2CCN[C@@H](c3ccccc3)C2)CC1. The molecule has 0 radical (unpaired) electrons. The number of nitrogens with zero attached hydrogens (tertiary/aromatic N) is 2. The second-order valence-corrected chi connectivity index (χ2v) is 6.81. The van der Waals surface area contributed by atoms with Gasteiger partial charge in [-0.2, -0.15) is 0 Å². The molecule has 0 saturated carbocycles. The lowest BCUT2D eigenvalue weighted by Gasteiger charge is -2.38. The molecular formula is C19H29N3O2. The molecule has 0 unspecified atom stereocenters. The zero-order valence-corrected chi connectivity index (χ0v) is 14.6. The zero-order valence-electron chi connectivity index (χ0n) is 14.6. The van der Waals surface area contributed by atoms with E-state index in [0.717, 1.165) is 58.7 Å². The number of piperidine rings is 1. The molecule has 2 fully saturated rings. The van der Waals surface area contributed by atoms with Crippen LogP contribution in [0.25, 0.3) is 0 Å². The first kappa shape index (κ1) is 17.4. The van der Waals surface area contributed by atoms with Crippen LogP contribution in [-0.2, 0) is 9.53 Å². The fraction of sp³-hybridized carbons (Fsp3) is 0.632. The van der Waals surface area contributed by atoms with Gasteiger partial charge in [0.15, 0.2) is 0 Å². The van der Waals surface area contributed by atoms with Crippen LogP contribution in [0.3, 0.4) is 0 Å². The largest absolute Gasteiger partial charge is 0.383 e. The zero-order chi connectivity index (χ0) is 16.8. The van der Waals surface area contributed by atoms with Crippen LogP contribution in [0.1, 0.15) is 24.4 Å². The number of likely N-dealkylation sites (tertiary alicyclic amines) is 1. The predicted octanol–water partition coefficient (Wildman–Crippen LogP) is 1.52. The van der Waals surface area contributed by atoms with E-state index in [4.69, 9.17) is 4.74 Å². The Hall–Kier alpha value is -1.43. The Morgan fingerprint density at radius 3 is 2.67 bits per heavy atom. The number of hydrogen-bond donors (Lipinski definition) is 1. The van der Waals surface area contributed by atoms with Gasteiger partial charge >= 0.3 is 0 Å². The van der Waals surface area contributed by atoms with Crippen LogP contribution >= 0.6 is 0 Å². The van der Waals surface area contributed by atoms with E-state index in [1.165, 1.54) is 5.56 Å². The highest BCUT2D eigenvalue weighted by atomic mass is 16.5. The van der Waals surface area contributed by atoms with Gasteiger partial charge in [0.2, 0.25) is 5.91 Å². The van der Waals surface area contributed by atoms with Crippen LogP contribution in [0.4, 0.5) is 0 Å². The van der Waals surface area contributed by atoms with Crippen molar-refractivity contribution < 1.29 is 9.53 Å². The molecule has 132 valence electrons. The fourth-order valence-electron chi connectivity index (χ4n) is 3.74. The summed E-state index contributed by atoms with van der Waals surface area (Å²) in [6.45, 7) is 6.25. The number of hydrogen-bond acceptors (Lipinski definition) is 4. The number of nitrogens with one attached hydrogen (secondary N) is 1. The maximum atomic E-state index is 12.9. The Balaban J connectivity index is 1.52. The highest BCUT2D eigenvalue weighted by molar-refractivity contribution is 5.79. The summed E-state index contributed by atoms with van der Waals surface area (Å²) in [5, 5.41) is 3.54. The molecular weight excluding hydrogens is 302 g/mol. The van der Waals surface area contributed by atoms with Gasteiger partial charge in [0.05, 0.1) is 6.61 Å². The Bertz CT molecular complexity index is 515. The smallest absolute Gasteiger partial charge is 0.225 e. The standard InChI is InChI=1S/C19H29N3O2/c1-24-14-13-21-10-7-17(8-11-21)19(23)22-12-9-20-18(15-22)16-5-3-2-4-6-16/h2-6,17-18,20H,7-15H2,1H3/t18-/m1/s1. The van der Waals surface area contributed by atoms with E-state index in [0.29, 0.717) is 5.91 Å². The second-order valence-electron chi connectivity index (χ2n) is 6.81. The number of rotatable bonds is 5. The molecule has 2 aliphatic heterocycles. The fourth-order valence-corrected chi connectivity index (χ4v) is 3.74. The van der Waals surface area contributed by atoms with E-state index >= 15 is 0 Å². The van der Waals surface area contributed by atoms with Crippen molar-refractivity contribution in [2.45, 2.75) is 18.9 Å². The number of amides is 1. The van der Waals surface area contributed by atoms with Crippen molar-refractivity contribution in [1.82, 2.24) is 15.1 Å². The highest BCUT2D eigenvalue weighted by Crippen LogP contribution is 2.23. The Labute approximate surface area is 145 Å². The molecule has 2 aliphatic rings. The molecule has 1 aromatic carbocycles. The monoisotopic (exact) mass is 331 g/mol. The van der Waals surface area contributed by atoms with Gasteiger partial charge in [0, 0.05) is 45.2 Å². The van der Waals surface area contributed by atoms with Crippen LogP contribution in [0.5, 0.6) is 0 Å². The summed E-state index contributed by atoms with van der Waals surface area (Å²) in [6.07, 6.45) is 1.95. The van der Waals surface area contributed by atoms with Crippen molar-refractivity contribution in [3.63, 3.8) is 0 Å². The number of benzene rings is 1. The number of methoxy groups -OCH3 is 1. The molecule has 1 aromatic rings. The van der Waals surface area contributed by atoms with E-state index in [9.17, 15) is 4.79 Å². The van der Waals surface area contributed by atoms with E-state index < -0.39 is 0 Å². The molecule has 5 nitrogen and oxygen atoms in total. The lowest BCUT2D eigenvalue weighted by Crippen LogP contribution is -2.51. The molecule has 1 atom stereocenters. The lowest BCUT2D eigenvalue weighted by molar-refractivity contribution is -0.138. The highest BCUT2D eigenvalue weighted by Gasteiger charge is 2.31. The molecule has 24 heavy (non-hydrogen) atoms. The first-order valence-electron chi connectivity index (χ1n) is 9.06. The third-order valence-electron chi connectivity index (χ3n) is 5.24. The third-order valence-corrected chi connectivity index (χ3v) is 5.24. The molecule has 0 aromatic heterocycles. The second kappa shape index (κ2) is 8.60. The van der Waals surface area contributed by atoms with Crippen LogP contribution in [0.2, 0.25) is 0 Å². The molecule has 2 saturated heterocycles. The molecule has 2 heterocycles. The van der Waals surface area contributed by atoms with Gasteiger partial charge in [-0.1, -0.05) is 30.3 Å². The summed E-state index contributed by atoms with van der Waals surface area (Å²) < 4.78 is 5.14. The summed E-state index contributed by atoms with van der Waals surface area (Å²) in [4.78, 5) is 17.4. The van der Waals surface area contributed by atoms with Crippen molar-refractivity contribution in [2.75, 3.05) is 53.0 Å². The summed E-state index contributed by atoms with van der Waals surface area (Å²) >= 11 is 0. The van der Waals surface area contributed by atoms with E-state index in [1.54, 1.807) is 7.11 Å². The molecule has 0 bridgehead atoms. The van der Waals surface area contributed by atoms with Crippen molar-refractivity contribution in [3.05, 3.63) is 35.9 Å². The van der Waals surface area contributed by atoms with Crippen LogP contribution in [0, 0.1) is 5.92 Å². The maximum Gasteiger partial charge on any atom is 0.225 e. The van der Waals surface area contributed by atoms with Crippen LogP contribution in [-0.4, -0.2) is 68.7 Å². The van der Waals surface area contributed by atoms with Crippen molar-refractivity contribution in [2.24, 2.45) is 5.92 Å². The molecule has 0 aliphatic carbocycles. The summed E-state index contributed by atoms with van der Waals surface area (Å²) in [5.74, 6) is 0.544. The number of carbonyl (C=O) groups is 1. The van der Waals surface area contributed by atoms with Gasteiger partial charge in [-0.05, 0) is 31.5 Å². The quantitative estimate of drug-likeness (QED) is 0.888. The predicted molar refractivity (Wildman–Crippen MR) is 94.8 cm³/mol. The van der Waals surface area contributed by atoms with Crippen molar-refractivity contribution in [1.29, 1.82) is 0 Å². The Kier molecular flexibility index (Phi) is 6.24. The minimum Gasteiger partial charge on any atom is -0.383 e. The molecule has 1 N–H and O–H groups in total. The van der Waals surface area contributed by atoms with E-state index in [2.05, 4.69) is 39.4 Å². The van der Waals surface area contributed by atoms with Gasteiger partial charge in [-0.3, -0.25) is 4.79 Å². The minimum atomic E-state index is 0.193. The normalized spacial score (nSPS) is 23.4. The number of ether oxygens (including phenoxy) is 1. The maximum absolute atomic E-state index is 12.9. The molecule has 3 rings (SSSR count). The van der Waals surface area contributed by atoms with Gasteiger partial charge in [0.1, 0.15) is 0 Å². The van der Waals surface area contributed by atoms with Gasteiger partial charge in [-0.25, -0.2) is 0 Å². The Morgan fingerprint density at radius 1 is 1.21 bits per heavy atom.